The number of aryl methyl sites for hydroxylation is 4. The SMILES string of the molecule is Cc1cc2c(-c3ccccc3)c(C)c(C)c(C)c2[cH-]1.Cc1ccc(C)c2[cH-]c(C(C)C)cc12.[CH3-].[CH3-].[Si]=[Zr]. The Hall–Kier alpha value is -2.02. The van der Waals surface area contributed by atoms with Crippen LogP contribution in [-0.2, 0) is 23.3 Å². The molecule has 0 amide bonds. The van der Waals surface area contributed by atoms with E-state index in [-0.39, 0.29) is 14.9 Å². The van der Waals surface area contributed by atoms with E-state index in [4.69, 9.17) is 0 Å². The van der Waals surface area contributed by atoms with Gasteiger partial charge in [0.15, 0.2) is 0 Å². The van der Waals surface area contributed by atoms with Crippen LogP contribution in [0.2, 0.25) is 0 Å². The molecule has 5 aromatic carbocycles. The van der Waals surface area contributed by atoms with Crippen LogP contribution in [0.15, 0.2) is 66.7 Å². The van der Waals surface area contributed by atoms with Crippen LogP contribution in [0.1, 0.15) is 58.7 Å². The predicted molar refractivity (Wildman–Crippen MR) is 166 cm³/mol. The van der Waals surface area contributed by atoms with Crippen molar-refractivity contribution in [2.24, 2.45) is 0 Å². The third kappa shape index (κ3) is 6.90. The van der Waals surface area contributed by atoms with Crippen LogP contribution in [0.25, 0.3) is 32.7 Å². The summed E-state index contributed by atoms with van der Waals surface area (Å²) in [7, 11) is 0. The van der Waals surface area contributed by atoms with E-state index in [1.54, 1.807) is 0 Å². The van der Waals surface area contributed by atoms with Gasteiger partial charge in [0, 0.05) is 0 Å². The minimum absolute atomic E-state index is 0. The summed E-state index contributed by atoms with van der Waals surface area (Å²) in [5.74, 6) is 0.626. The molecule has 0 aliphatic heterocycles. The van der Waals surface area contributed by atoms with Crippen molar-refractivity contribution in [3.8, 4) is 11.1 Å². The Bertz CT molecular complexity index is 1410. The Balaban J connectivity index is 0.000000342. The van der Waals surface area contributed by atoms with E-state index in [0.717, 1.165) is 0 Å². The van der Waals surface area contributed by atoms with Gasteiger partial charge >= 0.3 is 30.2 Å². The van der Waals surface area contributed by atoms with E-state index < -0.39 is 0 Å². The average molecular weight is 582 g/mol. The van der Waals surface area contributed by atoms with Crippen LogP contribution in [0.5, 0.6) is 0 Å². The summed E-state index contributed by atoms with van der Waals surface area (Å²) in [5, 5.41) is 5.64. The topological polar surface area (TPSA) is 0 Å². The van der Waals surface area contributed by atoms with Crippen molar-refractivity contribution in [2.45, 2.75) is 61.3 Å². The summed E-state index contributed by atoms with van der Waals surface area (Å²) in [5.41, 5.74) is 12.5. The summed E-state index contributed by atoms with van der Waals surface area (Å²) in [6.45, 7) is 20.8. The zero-order valence-corrected chi connectivity index (χ0v) is 27.9. The maximum atomic E-state index is 3.06. The van der Waals surface area contributed by atoms with Crippen molar-refractivity contribution in [1.82, 2.24) is 0 Å². The Labute approximate surface area is 243 Å². The molecule has 0 aliphatic carbocycles. The standard InChI is InChI=1S/C19H19.C14H17.2CH3.Si.Zr/c1-12-10-17-14(3)13(2)15(4)19(18(17)11-12)16-8-6-5-7-9-16;1-9(2)12-7-13-10(3)5-6-11(4)14(13)8-12;;;;/h5-11H,1-4H3;5-9H,1-4H3;2*1H3;;/q4*-1;;. The van der Waals surface area contributed by atoms with E-state index in [9.17, 15) is 0 Å². The van der Waals surface area contributed by atoms with E-state index >= 15 is 0 Å². The monoisotopic (exact) mass is 580 g/mol. The quantitative estimate of drug-likeness (QED) is 0.144. The molecule has 0 saturated heterocycles. The first-order chi connectivity index (χ1) is 16.7. The van der Waals surface area contributed by atoms with Gasteiger partial charge in [0.25, 0.3) is 0 Å². The second kappa shape index (κ2) is 14.2. The number of rotatable bonds is 2. The molecule has 0 heterocycles. The van der Waals surface area contributed by atoms with Gasteiger partial charge in [-0.05, 0) is 32.3 Å². The van der Waals surface area contributed by atoms with Gasteiger partial charge in [-0.2, -0.15) is 12.1 Å². The molecule has 0 spiro atoms. The van der Waals surface area contributed by atoms with Gasteiger partial charge in [0.05, 0.1) is 0 Å². The number of fused-ring (bicyclic) bond motifs is 2. The van der Waals surface area contributed by atoms with Crippen molar-refractivity contribution in [1.29, 1.82) is 0 Å². The fraction of sp³-hybridized carbons (Fsp3) is 0.257. The Morgan fingerprint density at radius 1 is 0.649 bits per heavy atom. The van der Waals surface area contributed by atoms with Crippen LogP contribution >= 0.6 is 0 Å². The van der Waals surface area contributed by atoms with Crippen molar-refractivity contribution in [3.05, 3.63) is 121 Å². The van der Waals surface area contributed by atoms with Crippen LogP contribution in [0.4, 0.5) is 0 Å². The summed E-state index contributed by atoms with van der Waals surface area (Å²) in [6, 6.07) is 24.4. The average Bonchev–Trinajstić information content (AvgIpc) is 3.48. The molecule has 0 bridgehead atoms. The zero-order valence-electron chi connectivity index (χ0n) is 24.4. The fourth-order valence-corrected chi connectivity index (χ4v) is 4.97. The number of benzene rings is 3. The summed E-state index contributed by atoms with van der Waals surface area (Å²) in [4.78, 5) is 0. The summed E-state index contributed by atoms with van der Waals surface area (Å²) in [6.07, 6.45) is 0. The molecule has 194 valence electrons. The first kappa shape index (κ1) is 33.0. The maximum absolute atomic E-state index is 3.06. The molecular weight excluding hydrogens is 540 g/mol. The molecule has 5 aromatic rings. The van der Waals surface area contributed by atoms with Crippen LogP contribution in [0.3, 0.4) is 0 Å². The Kier molecular flexibility index (Phi) is 12.7. The van der Waals surface area contributed by atoms with Gasteiger partial charge in [-0.25, -0.2) is 0 Å². The third-order valence-corrected chi connectivity index (χ3v) is 7.28. The van der Waals surface area contributed by atoms with Crippen LogP contribution in [0, 0.1) is 56.4 Å². The van der Waals surface area contributed by atoms with Crippen LogP contribution in [-0.4, -0.2) is 6.88 Å². The van der Waals surface area contributed by atoms with Gasteiger partial charge in [-0.3, -0.25) is 0 Å². The molecule has 0 nitrogen and oxygen atoms in total. The van der Waals surface area contributed by atoms with Gasteiger partial charge in [0.1, 0.15) is 0 Å². The van der Waals surface area contributed by atoms with Gasteiger partial charge in [0.2, 0.25) is 0 Å². The normalized spacial score (nSPS) is 10.2. The van der Waals surface area contributed by atoms with E-state index in [1.807, 2.05) is 0 Å². The molecule has 0 N–H and O–H groups in total. The second-order valence-electron chi connectivity index (χ2n) is 9.95. The van der Waals surface area contributed by atoms with E-state index in [0.29, 0.717) is 5.92 Å². The van der Waals surface area contributed by atoms with Crippen molar-refractivity contribution < 1.29 is 23.3 Å². The summed E-state index contributed by atoms with van der Waals surface area (Å²) < 4.78 is 0. The Morgan fingerprint density at radius 2 is 1.24 bits per heavy atom. The van der Waals surface area contributed by atoms with Crippen molar-refractivity contribution >= 4 is 28.4 Å². The Morgan fingerprint density at radius 3 is 1.81 bits per heavy atom. The predicted octanol–water partition coefficient (Wildman–Crippen LogP) is 10.3. The third-order valence-electron chi connectivity index (χ3n) is 7.28. The van der Waals surface area contributed by atoms with E-state index in [2.05, 4.69) is 129 Å². The van der Waals surface area contributed by atoms with Crippen LogP contribution < -0.4 is 0 Å². The van der Waals surface area contributed by atoms with Gasteiger partial charge in [-0.1, -0.05) is 93.3 Å². The first-order valence-corrected chi connectivity index (χ1v) is 16.5. The summed E-state index contributed by atoms with van der Waals surface area (Å²) >= 11 is 1.36. The van der Waals surface area contributed by atoms with Gasteiger partial charge in [-0.15, -0.1) is 62.0 Å². The van der Waals surface area contributed by atoms with E-state index in [1.165, 1.54) is 95.0 Å². The molecule has 0 aliphatic rings. The van der Waals surface area contributed by atoms with Gasteiger partial charge < -0.3 is 14.9 Å². The number of hydrogen-bond acceptors (Lipinski definition) is 0. The molecule has 2 radical (unpaired) electrons. The minimum atomic E-state index is 0. The molecule has 0 unspecified atom stereocenters. The molecule has 0 atom stereocenters. The molecule has 37 heavy (non-hydrogen) atoms. The van der Waals surface area contributed by atoms with Crippen molar-refractivity contribution in [3.63, 3.8) is 0 Å². The molecule has 0 fully saturated rings. The molecule has 0 aromatic heterocycles. The molecule has 5 rings (SSSR count). The fourth-order valence-electron chi connectivity index (χ4n) is 4.97. The number of hydrogen-bond donors (Lipinski definition) is 0. The zero-order chi connectivity index (χ0) is 25.9. The molecule has 2 heteroatoms. The second-order valence-corrected chi connectivity index (χ2v) is 9.95. The van der Waals surface area contributed by atoms with Crippen molar-refractivity contribution in [2.75, 3.05) is 0 Å². The molecular formula is C35H42SiZr-4. The molecule has 0 saturated carbocycles. The first-order valence-electron chi connectivity index (χ1n) is 12.3.